The summed E-state index contributed by atoms with van der Waals surface area (Å²) in [4.78, 5) is 27.9. The first-order chi connectivity index (χ1) is 12.5. The summed E-state index contributed by atoms with van der Waals surface area (Å²) in [5.41, 5.74) is 7.52. The molecule has 2 atom stereocenters. The first kappa shape index (κ1) is 17.7. The molecule has 4 N–H and O–H groups in total. The summed E-state index contributed by atoms with van der Waals surface area (Å²) in [7, 11) is 0. The lowest BCUT2D eigenvalue weighted by atomic mass is 10.0. The van der Waals surface area contributed by atoms with Crippen molar-refractivity contribution in [3.05, 3.63) is 66.4 Å². The van der Waals surface area contributed by atoms with Crippen LogP contribution in [0.25, 0.3) is 10.9 Å². The fraction of sp³-hybridized carbons (Fsp3) is 0.200. The maximum atomic E-state index is 12.6. The van der Waals surface area contributed by atoms with Crippen molar-refractivity contribution in [2.45, 2.75) is 25.4 Å². The SMILES string of the molecule is C[C@H](N)C(=O)N[C@@H](Cc1c[nH]c2ccccc12)C(=O)Oc1ccccc1. The van der Waals surface area contributed by atoms with Crippen LogP contribution < -0.4 is 15.8 Å². The number of carbonyl (C=O) groups is 2. The summed E-state index contributed by atoms with van der Waals surface area (Å²) in [5, 5.41) is 3.69. The van der Waals surface area contributed by atoms with Gasteiger partial charge in [-0.25, -0.2) is 4.79 Å². The van der Waals surface area contributed by atoms with Crippen molar-refractivity contribution < 1.29 is 14.3 Å². The highest BCUT2D eigenvalue weighted by Gasteiger charge is 2.25. The minimum absolute atomic E-state index is 0.300. The normalized spacial score (nSPS) is 13.2. The van der Waals surface area contributed by atoms with E-state index in [2.05, 4.69) is 10.3 Å². The molecule has 134 valence electrons. The molecule has 0 unspecified atom stereocenters. The van der Waals surface area contributed by atoms with Crippen LogP contribution in [-0.2, 0) is 16.0 Å². The summed E-state index contributed by atoms with van der Waals surface area (Å²) in [6.07, 6.45) is 2.14. The molecule has 0 spiro atoms. The van der Waals surface area contributed by atoms with E-state index >= 15 is 0 Å². The molecule has 3 aromatic rings. The van der Waals surface area contributed by atoms with Crippen molar-refractivity contribution in [2.75, 3.05) is 0 Å². The predicted octanol–water partition coefficient (Wildman–Crippen LogP) is 2.15. The van der Waals surface area contributed by atoms with Crippen molar-refractivity contribution >= 4 is 22.8 Å². The van der Waals surface area contributed by atoms with E-state index in [0.717, 1.165) is 16.5 Å². The molecule has 0 bridgehead atoms. The number of ether oxygens (including phenoxy) is 1. The number of hydrogen-bond donors (Lipinski definition) is 3. The summed E-state index contributed by atoms with van der Waals surface area (Å²) in [6.45, 7) is 1.57. The second-order valence-corrected chi connectivity index (χ2v) is 6.15. The van der Waals surface area contributed by atoms with Crippen LogP contribution in [0.5, 0.6) is 5.75 Å². The zero-order valence-corrected chi connectivity index (χ0v) is 14.4. The molecule has 1 amide bonds. The predicted molar refractivity (Wildman–Crippen MR) is 99.7 cm³/mol. The maximum Gasteiger partial charge on any atom is 0.334 e. The largest absolute Gasteiger partial charge is 0.425 e. The summed E-state index contributed by atoms with van der Waals surface area (Å²) < 4.78 is 5.41. The Morgan fingerprint density at radius 1 is 1.12 bits per heavy atom. The van der Waals surface area contributed by atoms with E-state index in [1.807, 2.05) is 36.5 Å². The fourth-order valence-electron chi connectivity index (χ4n) is 2.69. The van der Waals surface area contributed by atoms with Crippen LogP contribution in [0.4, 0.5) is 0 Å². The van der Waals surface area contributed by atoms with Gasteiger partial charge in [-0.1, -0.05) is 36.4 Å². The Balaban J connectivity index is 1.82. The third-order valence-corrected chi connectivity index (χ3v) is 4.08. The summed E-state index contributed by atoms with van der Waals surface area (Å²) in [6, 6.07) is 15.0. The molecule has 2 aromatic carbocycles. The average Bonchev–Trinajstić information content (AvgIpc) is 3.05. The minimum atomic E-state index is -0.840. The van der Waals surface area contributed by atoms with Crippen molar-refractivity contribution in [1.82, 2.24) is 10.3 Å². The van der Waals surface area contributed by atoms with Gasteiger partial charge in [0.25, 0.3) is 0 Å². The number of nitrogens with two attached hydrogens (primary N) is 1. The number of esters is 1. The van der Waals surface area contributed by atoms with Gasteiger partial charge in [-0.05, 0) is 30.7 Å². The molecule has 0 saturated carbocycles. The first-order valence-electron chi connectivity index (χ1n) is 8.42. The molecule has 0 aliphatic carbocycles. The van der Waals surface area contributed by atoms with E-state index in [1.54, 1.807) is 31.2 Å². The van der Waals surface area contributed by atoms with Gasteiger partial charge < -0.3 is 20.8 Å². The number of aromatic nitrogens is 1. The zero-order chi connectivity index (χ0) is 18.5. The van der Waals surface area contributed by atoms with E-state index in [0.29, 0.717) is 12.2 Å². The second kappa shape index (κ2) is 7.84. The van der Waals surface area contributed by atoms with E-state index in [-0.39, 0.29) is 0 Å². The fourth-order valence-corrected chi connectivity index (χ4v) is 2.69. The van der Waals surface area contributed by atoms with Crippen LogP contribution in [0, 0.1) is 0 Å². The summed E-state index contributed by atoms with van der Waals surface area (Å²) >= 11 is 0. The number of hydrogen-bond acceptors (Lipinski definition) is 4. The number of rotatable bonds is 6. The van der Waals surface area contributed by atoms with Crippen LogP contribution in [-0.4, -0.2) is 28.9 Å². The van der Waals surface area contributed by atoms with Gasteiger partial charge >= 0.3 is 5.97 Å². The monoisotopic (exact) mass is 351 g/mol. The maximum absolute atomic E-state index is 12.6. The van der Waals surface area contributed by atoms with Gasteiger partial charge in [-0.15, -0.1) is 0 Å². The lowest BCUT2D eigenvalue weighted by molar-refractivity contribution is -0.139. The first-order valence-corrected chi connectivity index (χ1v) is 8.42. The van der Waals surface area contributed by atoms with Crippen LogP contribution in [0.3, 0.4) is 0 Å². The van der Waals surface area contributed by atoms with Crippen molar-refractivity contribution in [3.63, 3.8) is 0 Å². The Morgan fingerprint density at radius 3 is 2.54 bits per heavy atom. The molecule has 1 aromatic heterocycles. The van der Waals surface area contributed by atoms with Crippen molar-refractivity contribution in [2.24, 2.45) is 5.73 Å². The van der Waals surface area contributed by atoms with Gasteiger partial charge in [0.2, 0.25) is 5.91 Å². The Hall–Kier alpha value is -3.12. The van der Waals surface area contributed by atoms with Crippen LogP contribution in [0.15, 0.2) is 60.8 Å². The quantitative estimate of drug-likeness (QED) is 0.468. The van der Waals surface area contributed by atoms with E-state index in [9.17, 15) is 9.59 Å². The van der Waals surface area contributed by atoms with Crippen LogP contribution >= 0.6 is 0 Å². The molecule has 6 heteroatoms. The molecular formula is C20H21N3O3. The van der Waals surface area contributed by atoms with Gasteiger partial charge in [-0.2, -0.15) is 0 Å². The van der Waals surface area contributed by atoms with Gasteiger partial charge in [0, 0.05) is 23.5 Å². The zero-order valence-electron chi connectivity index (χ0n) is 14.4. The molecule has 1 heterocycles. The van der Waals surface area contributed by atoms with Gasteiger partial charge in [0.05, 0.1) is 6.04 Å². The van der Waals surface area contributed by atoms with Crippen LogP contribution in [0.2, 0.25) is 0 Å². The molecular weight excluding hydrogens is 330 g/mol. The van der Waals surface area contributed by atoms with Gasteiger partial charge in [0.15, 0.2) is 0 Å². The molecule has 3 rings (SSSR count). The molecule has 0 radical (unpaired) electrons. The number of H-pyrrole nitrogens is 1. The highest BCUT2D eigenvalue weighted by molar-refractivity contribution is 5.89. The number of fused-ring (bicyclic) bond motifs is 1. The summed E-state index contributed by atoms with van der Waals surface area (Å²) in [5.74, 6) is -0.508. The lowest BCUT2D eigenvalue weighted by Crippen LogP contribution is -2.49. The Kier molecular flexibility index (Phi) is 5.34. The standard InChI is InChI=1S/C20H21N3O3/c1-13(21)19(24)23-18(20(25)26-15-7-3-2-4-8-15)11-14-12-22-17-10-6-5-9-16(14)17/h2-10,12-13,18,22H,11,21H2,1H3,(H,23,24)/t13-,18-/m0/s1. The number of amides is 1. The number of nitrogens with one attached hydrogen (secondary N) is 2. The van der Waals surface area contributed by atoms with Gasteiger partial charge in [-0.3, -0.25) is 4.79 Å². The molecule has 0 aliphatic heterocycles. The Morgan fingerprint density at radius 2 is 1.81 bits per heavy atom. The van der Waals surface area contributed by atoms with E-state index in [4.69, 9.17) is 10.5 Å². The molecule has 0 saturated heterocycles. The molecule has 0 fully saturated rings. The second-order valence-electron chi connectivity index (χ2n) is 6.15. The smallest absolute Gasteiger partial charge is 0.334 e. The Bertz CT molecular complexity index is 903. The van der Waals surface area contributed by atoms with E-state index in [1.165, 1.54) is 0 Å². The average molecular weight is 351 g/mol. The Labute approximate surface area is 151 Å². The van der Waals surface area contributed by atoms with E-state index < -0.39 is 24.0 Å². The number of aromatic amines is 1. The highest BCUT2D eigenvalue weighted by Crippen LogP contribution is 2.20. The number of para-hydroxylation sites is 2. The van der Waals surface area contributed by atoms with Crippen LogP contribution in [0.1, 0.15) is 12.5 Å². The molecule has 6 nitrogen and oxygen atoms in total. The third kappa shape index (κ3) is 4.10. The lowest BCUT2D eigenvalue weighted by Gasteiger charge is -2.18. The minimum Gasteiger partial charge on any atom is -0.425 e. The highest BCUT2D eigenvalue weighted by atomic mass is 16.5. The third-order valence-electron chi connectivity index (χ3n) is 4.08. The van der Waals surface area contributed by atoms with Gasteiger partial charge in [0.1, 0.15) is 11.8 Å². The topological polar surface area (TPSA) is 97.2 Å². The molecule has 0 aliphatic rings. The van der Waals surface area contributed by atoms with Crippen molar-refractivity contribution in [3.8, 4) is 5.75 Å². The molecule has 26 heavy (non-hydrogen) atoms. The van der Waals surface area contributed by atoms with Crippen molar-refractivity contribution in [1.29, 1.82) is 0 Å². The number of benzene rings is 2. The number of carbonyl (C=O) groups excluding carboxylic acids is 2.